The lowest BCUT2D eigenvalue weighted by Crippen LogP contribution is -2.05. The number of halogens is 1. The van der Waals surface area contributed by atoms with Gasteiger partial charge in [-0.05, 0) is 42.5 Å². The Morgan fingerprint density at radius 2 is 2.06 bits per heavy atom. The number of methoxy groups -OCH3 is 1. The molecule has 3 heteroatoms. The van der Waals surface area contributed by atoms with Crippen molar-refractivity contribution in [1.29, 1.82) is 0 Å². The molecule has 2 rings (SSSR count). The zero-order chi connectivity index (χ0) is 12.8. The van der Waals surface area contributed by atoms with Crippen molar-refractivity contribution in [3.63, 3.8) is 0 Å². The molecule has 0 aliphatic heterocycles. The predicted octanol–water partition coefficient (Wildman–Crippen LogP) is 2.84. The van der Waals surface area contributed by atoms with Gasteiger partial charge in [-0.1, -0.05) is 13.8 Å². The second-order valence-electron chi connectivity index (χ2n) is 5.50. The average Bonchev–Trinajstić information content (AvgIpc) is 2.79. The second kappa shape index (κ2) is 3.98. The fourth-order valence-corrected chi connectivity index (χ4v) is 2.95. The summed E-state index contributed by atoms with van der Waals surface area (Å²) in [5, 5.41) is 0. The van der Waals surface area contributed by atoms with E-state index < -0.39 is 0 Å². The van der Waals surface area contributed by atoms with E-state index >= 15 is 0 Å². The van der Waals surface area contributed by atoms with Gasteiger partial charge < -0.3 is 10.5 Å². The van der Waals surface area contributed by atoms with Gasteiger partial charge >= 0.3 is 0 Å². The van der Waals surface area contributed by atoms with Crippen molar-refractivity contribution in [3.05, 3.63) is 29.1 Å². The van der Waals surface area contributed by atoms with Crippen molar-refractivity contribution in [1.82, 2.24) is 0 Å². The van der Waals surface area contributed by atoms with E-state index in [9.17, 15) is 4.39 Å². The van der Waals surface area contributed by atoms with Gasteiger partial charge in [-0.3, -0.25) is 0 Å². The Bertz CT molecular complexity index is 442. The van der Waals surface area contributed by atoms with Gasteiger partial charge in [0.25, 0.3) is 0 Å². The molecule has 94 valence electrons. The molecule has 0 spiro atoms. The molecule has 0 radical (unpaired) electrons. The van der Waals surface area contributed by atoms with Crippen LogP contribution in [0.3, 0.4) is 0 Å². The third-order valence-electron chi connectivity index (χ3n) is 4.07. The van der Waals surface area contributed by atoms with Crippen molar-refractivity contribution in [3.8, 4) is 5.75 Å². The summed E-state index contributed by atoms with van der Waals surface area (Å²) < 4.78 is 19.4. The predicted molar refractivity (Wildman–Crippen MR) is 66.8 cm³/mol. The van der Waals surface area contributed by atoms with Crippen LogP contribution in [-0.2, 0) is 0 Å². The molecule has 0 aromatic heterocycles. The van der Waals surface area contributed by atoms with E-state index in [1.54, 1.807) is 13.2 Å². The minimum Gasteiger partial charge on any atom is -0.496 e. The fraction of sp³-hybridized carbons (Fsp3) is 0.571. The molecule has 2 atom stereocenters. The lowest BCUT2D eigenvalue weighted by atomic mass is 10.00. The molecule has 2 unspecified atom stereocenters. The highest BCUT2D eigenvalue weighted by Gasteiger charge is 2.59. The minimum atomic E-state index is -0.170. The molecule has 1 aromatic carbocycles. The second-order valence-corrected chi connectivity index (χ2v) is 5.50. The van der Waals surface area contributed by atoms with Crippen LogP contribution in [0.15, 0.2) is 12.1 Å². The van der Waals surface area contributed by atoms with Crippen LogP contribution < -0.4 is 10.5 Å². The molecule has 1 fully saturated rings. The topological polar surface area (TPSA) is 35.2 Å². The summed E-state index contributed by atoms with van der Waals surface area (Å²) in [5.74, 6) is 0.990. The van der Waals surface area contributed by atoms with Crippen LogP contribution in [0.1, 0.15) is 30.9 Å². The highest BCUT2D eigenvalue weighted by molar-refractivity contribution is 5.46. The molecule has 1 aliphatic rings. The van der Waals surface area contributed by atoms with Crippen LogP contribution in [0.4, 0.5) is 4.39 Å². The van der Waals surface area contributed by atoms with Gasteiger partial charge in [0.05, 0.1) is 7.11 Å². The van der Waals surface area contributed by atoms with Crippen molar-refractivity contribution in [2.24, 2.45) is 17.1 Å². The summed E-state index contributed by atoms with van der Waals surface area (Å²) in [5.41, 5.74) is 7.39. The van der Waals surface area contributed by atoms with Crippen LogP contribution in [0, 0.1) is 24.1 Å². The zero-order valence-corrected chi connectivity index (χ0v) is 10.9. The molecule has 2 nitrogen and oxygen atoms in total. The van der Waals surface area contributed by atoms with Crippen molar-refractivity contribution >= 4 is 0 Å². The number of benzene rings is 1. The first-order valence-corrected chi connectivity index (χ1v) is 5.97. The number of rotatable bonds is 3. The first-order valence-electron chi connectivity index (χ1n) is 5.97. The standard InChI is InChI=1S/C14H20FNO/c1-8-5-10(15)12(11(6-8)17-4)13-9(7-16)14(13,2)3/h5-6,9,13H,7,16H2,1-4H3. The SMILES string of the molecule is COc1cc(C)cc(F)c1C1C(CN)C1(C)C. The number of hydrogen-bond acceptors (Lipinski definition) is 2. The summed E-state index contributed by atoms with van der Waals surface area (Å²) in [4.78, 5) is 0. The maximum atomic E-state index is 14.1. The molecule has 0 amide bonds. The maximum absolute atomic E-state index is 14.1. The Kier molecular flexibility index (Phi) is 2.90. The van der Waals surface area contributed by atoms with E-state index in [1.807, 2.05) is 13.0 Å². The molecule has 0 saturated heterocycles. The zero-order valence-electron chi connectivity index (χ0n) is 10.9. The van der Waals surface area contributed by atoms with Crippen LogP contribution in [0.25, 0.3) is 0 Å². The number of ether oxygens (including phenoxy) is 1. The van der Waals surface area contributed by atoms with Gasteiger partial charge in [0.2, 0.25) is 0 Å². The molecule has 1 aromatic rings. The Morgan fingerprint density at radius 3 is 2.53 bits per heavy atom. The monoisotopic (exact) mass is 237 g/mol. The molecule has 0 heterocycles. The van der Waals surface area contributed by atoms with Gasteiger partial charge in [-0.25, -0.2) is 4.39 Å². The van der Waals surface area contributed by atoms with Gasteiger partial charge in [0.15, 0.2) is 0 Å². The number of nitrogens with two attached hydrogens (primary N) is 1. The molecule has 1 aliphatic carbocycles. The lowest BCUT2D eigenvalue weighted by Gasteiger charge is -2.12. The van der Waals surface area contributed by atoms with Crippen LogP contribution in [0.2, 0.25) is 0 Å². The van der Waals surface area contributed by atoms with Gasteiger partial charge in [0.1, 0.15) is 11.6 Å². The lowest BCUT2D eigenvalue weighted by molar-refractivity contribution is 0.401. The first kappa shape index (κ1) is 12.4. The fourth-order valence-electron chi connectivity index (χ4n) is 2.95. The summed E-state index contributed by atoms with van der Waals surface area (Å²) in [6.07, 6.45) is 0. The van der Waals surface area contributed by atoms with E-state index in [-0.39, 0.29) is 17.2 Å². The summed E-state index contributed by atoms with van der Waals surface area (Å²) in [6.45, 7) is 6.73. The molecule has 0 bridgehead atoms. The van der Waals surface area contributed by atoms with Gasteiger partial charge in [-0.15, -0.1) is 0 Å². The molecule has 1 saturated carbocycles. The normalized spacial score (nSPS) is 25.8. The van der Waals surface area contributed by atoms with Crippen molar-refractivity contribution in [2.45, 2.75) is 26.7 Å². The highest BCUT2D eigenvalue weighted by atomic mass is 19.1. The molecule has 2 N–H and O–H groups in total. The Hall–Kier alpha value is -1.09. The Balaban J connectivity index is 2.47. The third-order valence-corrected chi connectivity index (χ3v) is 4.07. The summed E-state index contributed by atoms with van der Waals surface area (Å²) in [7, 11) is 1.59. The smallest absolute Gasteiger partial charge is 0.130 e. The minimum absolute atomic E-state index is 0.0676. The van der Waals surface area contributed by atoms with Crippen LogP contribution >= 0.6 is 0 Å². The number of hydrogen-bond donors (Lipinski definition) is 1. The van der Waals surface area contributed by atoms with E-state index in [4.69, 9.17) is 10.5 Å². The quantitative estimate of drug-likeness (QED) is 0.877. The van der Waals surface area contributed by atoms with Crippen molar-refractivity contribution in [2.75, 3.05) is 13.7 Å². The third kappa shape index (κ3) is 1.82. The van der Waals surface area contributed by atoms with Crippen LogP contribution in [0.5, 0.6) is 5.75 Å². The van der Waals surface area contributed by atoms with E-state index in [0.717, 1.165) is 5.56 Å². The average molecular weight is 237 g/mol. The molecule has 17 heavy (non-hydrogen) atoms. The van der Waals surface area contributed by atoms with E-state index in [0.29, 0.717) is 23.8 Å². The Morgan fingerprint density at radius 1 is 1.41 bits per heavy atom. The van der Waals surface area contributed by atoms with Gasteiger partial charge in [-0.2, -0.15) is 0 Å². The van der Waals surface area contributed by atoms with Gasteiger partial charge in [0, 0.05) is 11.5 Å². The van der Waals surface area contributed by atoms with Crippen molar-refractivity contribution < 1.29 is 9.13 Å². The summed E-state index contributed by atoms with van der Waals surface area (Å²) in [6, 6.07) is 3.46. The first-order chi connectivity index (χ1) is 7.93. The van der Waals surface area contributed by atoms with E-state index in [1.165, 1.54) is 0 Å². The largest absolute Gasteiger partial charge is 0.496 e. The van der Waals surface area contributed by atoms with E-state index in [2.05, 4.69) is 13.8 Å². The molecular formula is C14H20FNO. The van der Waals surface area contributed by atoms with Crippen LogP contribution in [-0.4, -0.2) is 13.7 Å². The highest BCUT2D eigenvalue weighted by Crippen LogP contribution is 2.65. The maximum Gasteiger partial charge on any atom is 0.130 e. The number of aryl methyl sites for hydroxylation is 1. The Labute approximate surface area is 102 Å². The molecular weight excluding hydrogens is 217 g/mol. The summed E-state index contributed by atoms with van der Waals surface area (Å²) >= 11 is 0.